The van der Waals surface area contributed by atoms with E-state index in [4.69, 9.17) is 9.47 Å². The van der Waals surface area contributed by atoms with Gasteiger partial charge in [0.1, 0.15) is 11.5 Å². The zero-order valence-electron chi connectivity index (χ0n) is 14.3. The number of hydrogen-bond acceptors (Lipinski definition) is 4. The van der Waals surface area contributed by atoms with E-state index in [9.17, 15) is 4.79 Å². The van der Waals surface area contributed by atoms with Gasteiger partial charge in [-0.15, -0.1) is 0 Å². The fourth-order valence-corrected chi connectivity index (χ4v) is 2.14. The first kappa shape index (κ1) is 17.7. The predicted octanol–water partition coefficient (Wildman–Crippen LogP) is 3.92. The SMILES string of the molecule is COc1ccc(NC(=O)CCNc2ccc(OC(C)C)cc2)cc1. The summed E-state index contributed by atoms with van der Waals surface area (Å²) in [7, 11) is 1.61. The highest BCUT2D eigenvalue weighted by Crippen LogP contribution is 2.17. The van der Waals surface area contributed by atoms with Crippen LogP contribution in [0.4, 0.5) is 11.4 Å². The molecule has 2 aromatic rings. The van der Waals surface area contributed by atoms with E-state index in [1.807, 2.05) is 62.4 Å². The van der Waals surface area contributed by atoms with Crippen LogP contribution in [-0.2, 0) is 4.79 Å². The molecule has 0 unspecified atom stereocenters. The van der Waals surface area contributed by atoms with E-state index in [0.717, 1.165) is 22.9 Å². The molecule has 0 saturated carbocycles. The minimum Gasteiger partial charge on any atom is -0.497 e. The molecule has 0 aliphatic heterocycles. The van der Waals surface area contributed by atoms with E-state index in [1.54, 1.807) is 7.11 Å². The quantitative estimate of drug-likeness (QED) is 0.771. The number of methoxy groups -OCH3 is 1. The molecule has 2 aromatic carbocycles. The number of hydrogen-bond donors (Lipinski definition) is 2. The van der Waals surface area contributed by atoms with Gasteiger partial charge < -0.3 is 20.1 Å². The highest BCUT2D eigenvalue weighted by atomic mass is 16.5. The Morgan fingerprint density at radius 3 is 2.12 bits per heavy atom. The maximum Gasteiger partial charge on any atom is 0.226 e. The van der Waals surface area contributed by atoms with E-state index >= 15 is 0 Å². The number of anilines is 2. The van der Waals surface area contributed by atoms with Crippen LogP contribution in [0.3, 0.4) is 0 Å². The molecular weight excluding hydrogens is 304 g/mol. The summed E-state index contributed by atoms with van der Waals surface area (Å²) in [6.07, 6.45) is 0.543. The molecule has 0 bridgehead atoms. The summed E-state index contributed by atoms with van der Waals surface area (Å²) in [5, 5.41) is 6.08. The highest BCUT2D eigenvalue weighted by Gasteiger charge is 2.03. The van der Waals surface area contributed by atoms with E-state index in [0.29, 0.717) is 13.0 Å². The second-order valence-corrected chi connectivity index (χ2v) is 5.64. The van der Waals surface area contributed by atoms with Crippen molar-refractivity contribution < 1.29 is 14.3 Å². The summed E-state index contributed by atoms with van der Waals surface area (Å²) in [6.45, 7) is 4.55. The maximum absolute atomic E-state index is 11.9. The lowest BCUT2D eigenvalue weighted by Gasteiger charge is -2.11. The van der Waals surface area contributed by atoms with Gasteiger partial charge in [0.2, 0.25) is 5.91 Å². The van der Waals surface area contributed by atoms with Gasteiger partial charge in [-0.05, 0) is 62.4 Å². The van der Waals surface area contributed by atoms with Crippen molar-refractivity contribution in [3.63, 3.8) is 0 Å². The van der Waals surface area contributed by atoms with E-state index < -0.39 is 0 Å². The molecule has 2 N–H and O–H groups in total. The fraction of sp³-hybridized carbons (Fsp3) is 0.316. The van der Waals surface area contributed by atoms with Crippen molar-refractivity contribution in [2.75, 3.05) is 24.3 Å². The Morgan fingerprint density at radius 1 is 0.958 bits per heavy atom. The summed E-state index contributed by atoms with van der Waals surface area (Å²) in [5.74, 6) is 1.57. The van der Waals surface area contributed by atoms with Crippen LogP contribution in [0.25, 0.3) is 0 Å². The molecule has 0 aromatic heterocycles. The molecule has 0 heterocycles. The lowest BCUT2D eigenvalue weighted by Crippen LogP contribution is -2.16. The molecule has 5 heteroatoms. The first-order valence-corrected chi connectivity index (χ1v) is 8.01. The van der Waals surface area contributed by atoms with Crippen molar-refractivity contribution in [3.05, 3.63) is 48.5 Å². The minimum atomic E-state index is -0.0348. The summed E-state index contributed by atoms with van der Waals surface area (Å²) >= 11 is 0. The molecule has 5 nitrogen and oxygen atoms in total. The van der Waals surface area contributed by atoms with Crippen molar-refractivity contribution in [1.82, 2.24) is 0 Å². The molecule has 0 aliphatic carbocycles. The van der Waals surface area contributed by atoms with Crippen LogP contribution in [0.5, 0.6) is 11.5 Å². The molecule has 24 heavy (non-hydrogen) atoms. The Hall–Kier alpha value is -2.69. The second-order valence-electron chi connectivity index (χ2n) is 5.64. The van der Waals surface area contributed by atoms with Gasteiger partial charge in [0, 0.05) is 24.3 Å². The lowest BCUT2D eigenvalue weighted by atomic mass is 10.2. The van der Waals surface area contributed by atoms with Gasteiger partial charge in [-0.25, -0.2) is 0 Å². The third-order valence-corrected chi connectivity index (χ3v) is 3.28. The van der Waals surface area contributed by atoms with Crippen LogP contribution in [0.1, 0.15) is 20.3 Å². The van der Waals surface area contributed by atoms with Gasteiger partial charge in [0.15, 0.2) is 0 Å². The Kier molecular flexibility index (Phi) is 6.49. The number of benzene rings is 2. The third-order valence-electron chi connectivity index (χ3n) is 3.28. The number of nitrogens with one attached hydrogen (secondary N) is 2. The molecule has 128 valence electrons. The molecule has 1 amide bonds. The van der Waals surface area contributed by atoms with Gasteiger partial charge in [-0.2, -0.15) is 0 Å². The number of carbonyl (C=O) groups is 1. The monoisotopic (exact) mass is 328 g/mol. The first-order chi connectivity index (χ1) is 11.6. The van der Waals surface area contributed by atoms with E-state index in [-0.39, 0.29) is 12.0 Å². The topological polar surface area (TPSA) is 59.6 Å². The van der Waals surface area contributed by atoms with Gasteiger partial charge in [0.25, 0.3) is 0 Å². The molecule has 0 radical (unpaired) electrons. The standard InChI is InChI=1S/C19H24N2O3/c1-14(2)24-18-10-4-15(5-11-18)20-13-12-19(22)21-16-6-8-17(23-3)9-7-16/h4-11,14,20H,12-13H2,1-3H3,(H,21,22). The Bertz CT molecular complexity index is 637. The number of rotatable bonds is 8. The molecular formula is C19H24N2O3. The molecule has 0 fully saturated rings. The number of carbonyl (C=O) groups excluding carboxylic acids is 1. The van der Waals surface area contributed by atoms with Crippen LogP contribution < -0.4 is 20.1 Å². The van der Waals surface area contributed by atoms with Crippen LogP contribution in [0, 0.1) is 0 Å². The van der Waals surface area contributed by atoms with Crippen molar-refractivity contribution in [1.29, 1.82) is 0 Å². The van der Waals surface area contributed by atoms with Gasteiger partial charge in [0.05, 0.1) is 13.2 Å². The Balaban J connectivity index is 1.73. The predicted molar refractivity (Wildman–Crippen MR) is 96.9 cm³/mol. The average Bonchev–Trinajstić information content (AvgIpc) is 2.57. The van der Waals surface area contributed by atoms with Gasteiger partial charge in [-0.1, -0.05) is 0 Å². The summed E-state index contributed by atoms with van der Waals surface area (Å²) in [6, 6.07) is 15.0. The van der Waals surface area contributed by atoms with E-state index in [1.165, 1.54) is 0 Å². The average molecular weight is 328 g/mol. The minimum absolute atomic E-state index is 0.0348. The van der Waals surface area contributed by atoms with Crippen molar-refractivity contribution in [2.45, 2.75) is 26.4 Å². The first-order valence-electron chi connectivity index (χ1n) is 8.01. The van der Waals surface area contributed by atoms with Crippen molar-refractivity contribution in [2.24, 2.45) is 0 Å². The van der Waals surface area contributed by atoms with Crippen LogP contribution in [0.2, 0.25) is 0 Å². The Morgan fingerprint density at radius 2 is 1.54 bits per heavy atom. The maximum atomic E-state index is 11.9. The molecule has 0 aliphatic rings. The zero-order valence-corrected chi connectivity index (χ0v) is 14.3. The molecule has 0 spiro atoms. The second kappa shape index (κ2) is 8.82. The van der Waals surface area contributed by atoms with Crippen molar-refractivity contribution in [3.8, 4) is 11.5 Å². The largest absolute Gasteiger partial charge is 0.497 e. The van der Waals surface area contributed by atoms with Crippen LogP contribution in [0.15, 0.2) is 48.5 Å². The third kappa shape index (κ3) is 5.83. The summed E-state index contributed by atoms with van der Waals surface area (Å²) < 4.78 is 10.7. The molecule has 0 saturated heterocycles. The molecule has 0 atom stereocenters. The normalized spacial score (nSPS) is 10.3. The number of amides is 1. The van der Waals surface area contributed by atoms with Crippen LogP contribution >= 0.6 is 0 Å². The zero-order chi connectivity index (χ0) is 17.4. The van der Waals surface area contributed by atoms with Crippen LogP contribution in [-0.4, -0.2) is 25.7 Å². The number of ether oxygens (including phenoxy) is 2. The van der Waals surface area contributed by atoms with Gasteiger partial charge >= 0.3 is 0 Å². The summed E-state index contributed by atoms with van der Waals surface area (Å²) in [4.78, 5) is 11.9. The van der Waals surface area contributed by atoms with Crippen molar-refractivity contribution >= 4 is 17.3 Å². The Labute approximate surface area is 143 Å². The smallest absolute Gasteiger partial charge is 0.226 e. The highest BCUT2D eigenvalue weighted by molar-refractivity contribution is 5.91. The lowest BCUT2D eigenvalue weighted by molar-refractivity contribution is -0.115. The summed E-state index contributed by atoms with van der Waals surface area (Å²) in [5.41, 5.74) is 1.72. The fourth-order valence-electron chi connectivity index (χ4n) is 2.14. The van der Waals surface area contributed by atoms with Gasteiger partial charge in [-0.3, -0.25) is 4.79 Å². The molecule has 2 rings (SSSR count). The van der Waals surface area contributed by atoms with E-state index in [2.05, 4.69) is 10.6 Å².